The summed E-state index contributed by atoms with van der Waals surface area (Å²) in [6, 6.07) is 4.47. The number of carbonyl (C=O) groups is 1. The number of nitriles is 1. The van der Waals surface area contributed by atoms with Crippen LogP contribution in [-0.4, -0.2) is 83.5 Å². The van der Waals surface area contributed by atoms with E-state index in [0.717, 1.165) is 49.4 Å². The standard InChI is InChI=1S/C24H34N8O2/c1-18-22(17-32(29-18)20-4-9-30(2)10-5-20)28-23-14-21(19(15-25)16-27-23)26-7-3-8-31-11-13-34-12-6-24(31)33/h14,16-17,20H,3-13H2,1-2H3,(H2,26,27,28). The Hall–Kier alpha value is -3.16. The fraction of sp³-hybridized carbons (Fsp3) is 0.583. The molecule has 0 radical (unpaired) electrons. The van der Waals surface area contributed by atoms with Gasteiger partial charge in [0.15, 0.2) is 0 Å². The minimum absolute atomic E-state index is 0.141. The molecule has 0 spiro atoms. The number of piperidine rings is 1. The molecule has 2 aliphatic rings. The summed E-state index contributed by atoms with van der Waals surface area (Å²) in [5.41, 5.74) is 3.06. The third kappa shape index (κ3) is 6.04. The van der Waals surface area contributed by atoms with Gasteiger partial charge in [0.05, 0.1) is 48.3 Å². The fourth-order valence-electron chi connectivity index (χ4n) is 4.40. The lowest BCUT2D eigenvalue weighted by Gasteiger charge is -2.28. The lowest BCUT2D eigenvalue weighted by molar-refractivity contribution is -0.130. The molecule has 2 fully saturated rings. The third-order valence-electron chi connectivity index (χ3n) is 6.50. The molecule has 34 heavy (non-hydrogen) atoms. The molecule has 182 valence electrons. The number of hydrogen-bond donors (Lipinski definition) is 2. The van der Waals surface area contributed by atoms with E-state index in [1.165, 1.54) is 0 Å². The summed E-state index contributed by atoms with van der Waals surface area (Å²) < 4.78 is 7.45. The second-order valence-electron chi connectivity index (χ2n) is 9.02. The second-order valence-corrected chi connectivity index (χ2v) is 9.02. The molecule has 0 aromatic carbocycles. The maximum absolute atomic E-state index is 12.1. The summed E-state index contributed by atoms with van der Waals surface area (Å²) in [7, 11) is 2.16. The summed E-state index contributed by atoms with van der Waals surface area (Å²) in [6.07, 6.45) is 7.05. The highest BCUT2D eigenvalue weighted by molar-refractivity contribution is 5.76. The van der Waals surface area contributed by atoms with Crippen molar-refractivity contribution in [1.29, 1.82) is 5.26 Å². The number of amides is 1. The molecule has 2 aromatic rings. The number of nitrogens with zero attached hydrogens (tertiary/aromatic N) is 6. The molecule has 2 aliphatic heterocycles. The summed E-state index contributed by atoms with van der Waals surface area (Å²) in [6.45, 7) is 7.20. The zero-order valence-corrected chi connectivity index (χ0v) is 20.1. The predicted molar refractivity (Wildman–Crippen MR) is 130 cm³/mol. The number of anilines is 3. The maximum atomic E-state index is 12.1. The first-order chi connectivity index (χ1) is 16.5. The van der Waals surface area contributed by atoms with Crippen LogP contribution in [0.1, 0.15) is 43.0 Å². The number of aryl methyl sites for hydroxylation is 1. The van der Waals surface area contributed by atoms with Gasteiger partial charge in [0, 0.05) is 38.1 Å². The van der Waals surface area contributed by atoms with Gasteiger partial charge < -0.3 is 25.2 Å². The van der Waals surface area contributed by atoms with E-state index in [-0.39, 0.29) is 5.91 Å². The van der Waals surface area contributed by atoms with Gasteiger partial charge in [-0.1, -0.05) is 0 Å². The van der Waals surface area contributed by atoms with Gasteiger partial charge in [0.1, 0.15) is 11.9 Å². The monoisotopic (exact) mass is 466 g/mol. The molecule has 0 bridgehead atoms. The lowest BCUT2D eigenvalue weighted by atomic mass is 10.1. The number of carbonyl (C=O) groups excluding carboxylic acids is 1. The molecule has 10 heteroatoms. The third-order valence-corrected chi connectivity index (χ3v) is 6.50. The number of likely N-dealkylation sites (tertiary alicyclic amines) is 1. The topological polar surface area (TPSA) is 111 Å². The van der Waals surface area contributed by atoms with Crippen LogP contribution in [0.4, 0.5) is 17.2 Å². The van der Waals surface area contributed by atoms with Gasteiger partial charge in [-0.05, 0) is 46.3 Å². The first-order valence-corrected chi connectivity index (χ1v) is 12.0. The molecule has 2 saturated heterocycles. The quantitative estimate of drug-likeness (QED) is 0.571. The number of nitrogens with one attached hydrogen (secondary N) is 2. The van der Waals surface area contributed by atoms with Crippen molar-refractivity contribution >= 4 is 23.1 Å². The number of hydrogen-bond acceptors (Lipinski definition) is 8. The van der Waals surface area contributed by atoms with Crippen LogP contribution in [0.2, 0.25) is 0 Å². The van der Waals surface area contributed by atoms with E-state index in [9.17, 15) is 10.1 Å². The average Bonchev–Trinajstić information content (AvgIpc) is 3.07. The average molecular weight is 467 g/mol. The number of rotatable bonds is 8. The highest BCUT2D eigenvalue weighted by Crippen LogP contribution is 2.27. The Bertz CT molecular complexity index is 1020. The predicted octanol–water partition coefficient (Wildman–Crippen LogP) is 2.52. The number of pyridine rings is 1. The van der Waals surface area contributed by atoms with Gasteiger partial charge in [-0.15, -0.1) is 0 Å². The smallest absolute Gasteiger partial charge is 0.224 e. The van der Waals surface area contributed by atoms with E-state index in [1.54, 1.807) is 6.20 Å². The number of aromatic nitrogens is 3. The molecule has 2 N–H and O–H groups in total. The SMILES string of the molecule is Cc1nn(C2CCN(C)CC2)cc1Nc1cc(NCCCN2CCOCCC2=O)c(C#N)cn1. The zero-order chi connectivity index (χ0) is 23.9. The largest absolute Gasteiger partial charge is 0.384 e. The van der Waals surface area contributed by atoms with Crippen molar-refractivity contribution in [3.05, 3.63) is 29.7 Å². The normalized spacial score (nSPS) is 17.9. The Morgan fingerprint density at radius 3 is 2.85 bits per heavy atom. The van der Waals surface area contributed by atoms with Crippen molar-refractivity contribution in [1.82, 2.24) is 24.6 Å². The Morgan fingerprint density at radius 1 is 1.24 bits per heavy atom. The first kappa shape index (κ1) is 24.0. The van der Waals surface area contributed by atoms with Crippen LogP contribution in [0.25, 0.3) is 0 Å². The van der Waals surface area contributed by atoms with Crippen LogP contribution in [0.3, 0.4) is 0 Å². The molecule has 4 rings (SSSR count). The van der Waals surface area contributed by atoms with Crippen molar-refractivity contribution < 1.29 is 9.53 Å². The first-order valence-electron chi connectivity index (χ1n) is 12.0. The summed E-state index contributed by atoms with van der Waals surface area (Å²) >= 11 is 0. The highest BCUT2D eigenvalue weighted by Gasteiger charge is 2.20. The molecule has 1 amide bonds. The van der Waals surface area contributed by atoms with Crippen LogP contribution in [0.15, 0.2) is 18.5 Å². The van der Waals surface area contributed by atoms with E-state index in [1.807, 2.05) is 17.9 Å². The van der Waals surface area contributed by atoms with Crippen LogP contribution in [-0.2, 0) is 9.53 Å². The number of ether oxygens (including phenoxy) is 1. The van der Waals surface area contributed by atoms with Crippen LogP contribution in [0.5, 0.6) is 0 Å². The molecule has 0 unspecified atom stereocenters. The Balaban J connectivity index is 1.36. The maximum Gasteiger partial charge on any atom is 0.224 e. The van der Waals surface area contributed by atoms with Crippen molar-refractivity contribution in [2.24, 2.45) is 0 Å². The van der Waals surface area contributed by atoms with Gasteiger partial charge >= 0.3 is 0 Å². The van der Waals surface area contributed by atoms with Crippen molar-refractivity contribution in [2.45, 2.75) is 38.6 Å². The van der Waals surface area contributed by atoms with Crippen LogP contribution >= 0.6 is 0 Å². The summed E-state index contributed by atoms with van der Waals surface area (Å²) in [5, 5.41) is 20.9. The molecule has 0 atom stereocenters. The van der Waals surface area contributed by atoms with E-state index < -0.39 is 0 Å². The van der Waals surface area contributed by atoms with E-state index in [0.29, 0.717) is 56.7 Å². The lowest BCUT2D eigenvalue weighted by Crippen LogP contribution is -2.33. The summed E-state index contributed by atoms with van der Waals surface area (Å²) in [5.74, 6) is 0.800. The van der Waals surface area contributed by atoms with Crippen LogP contribution in [0, 0.1) is 18.3 Å². The van der Waals surface area contributed by atoms with Crippen molar-refractivity contribution in [2.75, 3.05) is 63.6 Å². The molecule has 0 saturated carbocycles. The van der Waals surface area contributed by atoms with Crippen LogP contribution < -0.4 is 10.6 Å². The minimum Gasteiger partial charge on any atom is -0.384 e. The molecule has 10 nitrogen and oxygen atoms in total. The summed E-state index contributed by atoms with van der Waals surface area (Å²) in [4.78, 5) is 20.7. The highest BCUT2D eigenvalue weighted by atomic mass is 16.5. The molecule has 0 aliphatic carbocycles. The minimum atomic E-state index is 0.141. The van der Waals surface area contributed by atoms with Gasteiger partial charge in [0.25, 0.3) is 0 Å². The fourth-order valence-corrected chi connectivity index (χ4v) is 4.40. The molecular formula is C24H34N8O2. The molecule has 4 heterocycles. The zero-order valence-electron chi connectivity index (χ0n) is 20.1. The Labute approximate surface area is 200 Å². The second kappa shape index (κ2) is 11.3. The van der Waals surface area contributed by atoms with Gasteiger partial charge in [-0.3, -0.25) is 9.48 Å². The van der Waals surface area contributed by atoms with Gasteiger partial charge in [-0.2, -0.15) is 10.4 Å². The molecular weight excluding hydrogens is 432 g/mol. The molecule has 2 aromatic heterocycles. The van der Waals surface area contributed by atoms with Gasteiger partial charge in [-0.25, -0.2) is 4.98 Å². The van der Waals surface area contributed by atoms with Crippen molar-refractivity contribution in [3.8, 4) is 6.07 Å². The Kier molecular flexibility index (Phi) is 7.98. The van der Waals surface area contributed by atoms with Crippen molar-refractivity contribution in [3.63, 3.8) is 0 Å². The van der Waals surface area contributed by atoms with Gasteiger partial charge in [0.2, 0.25) is 5.91 Å². The van der Waals surface area contributed by atoms with E-state index >= 15 is 0 Å². The van der Waals surface area contributed by atoms with E-state index in [4.69, 9.17) is 9.84 Å². The van der Waals surface area contributed by atoms with E-state index in [2.05, 4.69) is 44.5 Å². The Morgan fingerprint density at radius 2 is 2.06 bits per heavy atom.